The Morgan fingerprint density at radius 2 is 1.42 bits per heavy atom. The molecule has 12 nitrogen and oxygen atoms in total. The van der Waals surface area contributed by atoms with Crippen molar-refractivity contribution in [3.8, 4) is 5.75 Å². The number of carbonyl (C=O) groups excluding carboxylic acids is 4. The maximum Gasteiger partial charge on any atom is 0.326 e. The molecule has 4 amide bonds. The summed E-state index contributed by atoms with van der Waals surface area (Å²) in [5.41, 5.74) is 11.9. The van der Waals surface area contributed by atoms with Gasteiger partial charge in [0.05, 0.1) is 12.5 Å². The van der Waals surface area contributed by atoms with Gasteiger partial charge in [0.25, 0.3) is 0 Å². The van der Waals surface area contributed by atoms with Crippen molar-refractivity contribution in [2.24, 2.45) is 23.3 Å². The fourth-order valence-electron chi connectivity index (χ4n) is 3.41. The minimum absolute atomic E-state index is 0.0399. The van der Waals surface area contributed by atoms with E-state index in [1.807, 2.05) is 0 Å². The molecule has 1 aromatic carbocycles. The van der Waals surface area contributed by atoms with Gasteiger partial charge in [-0.15, -0.1) is 0 Å². The molecule has 9 N–H and O–H groups in total. The molecule has 4 atom stereocenters. The number of hydrogen-bond acceptors (Lipinski definition) is 7. The van der Waals surface area contributed by atoms with Crippen LogP contribution in [0.25, 0.3) is 0 Å². The molecule has 200 valence electrons. The fraction of sp³-hybridized carbons (Fsp3) is 0.542. The predicted octanol–water partition coefficient (Wildman–Crippen LogP) is -0.621. The van der Waals surface area contributed by atoms with Crippen molar-refractivity contribution in [1.82, 2.24) is 16.0 Å². The zero-order valence-electron chi connectivity index (χ0n) is 21.0. The zero-order chi connectivity index (χ0) is 27.6. The lowest BCUT2D eigenvalue weighted by Gasteiger charge is -2.27. The molecule has 1 rings (SSSR count). The topological polar surface area (TPSA) is 214 Å². The number of carboxylic acids is 1. The number of aromatic hydroxyl groups is 1. The molecule has 0 bridgehead atoms. The maximum atomic E-state index is 13.0. The van der Waals surface area contributed by atoms with E-state index < -0.39 is 66.1 Å². The molecule has 1 aromatic rings. The summed E-state index contributed by atoms with van der Waals surface area (Å²) in [4.78, 5) is 61.4. The molecule has 0 heterocycles. The van der Waals surface area contributed by atoms with E-state index in [2.05, 4.69) is 16.0 Å². The van der Waals surface area contributed by atoms with E-state index in [1.54, 1.807) is 39.8 Å². The fourth-order valence-corrected chi connectivity index (χ4v) is 3.41. The Kier molecular flexibility index (Phi) is 11.8. The molecule has 4 unspecified atom stereocenters. The van der Waals surface area contributed by atoms with Gasteiger partial charge in [0, 0.05) is 0 Å². The van der Waals surface area contributed by atoms with Gasteiger partial charge in [0.1, 0.15) is 23.9 Å². The number of nitrogens with one attached hydrogen (secondary N) is 3. The average Bonchev–Trinajstić information content (AvgIpc) is 2.76. The quantitative estimate of drug-likeness (QED) is 0.172. The van der Waals surface area contributed by atoms with Crippen molar-refractivity contribution < 1.29 is 34.2 Å². The first-order valence-corrected chi connectivity index (χ1v) is 11.7. The molecule has 0 saturated carbocycles. The Morgan fingerprint density at radius 3 is 1.89 bits per heavy atom. The smallest absolute Gasteiger partial charge is 0.326 e. The summed E-state index contributed by atoms with van der Waals surface area (Å²) in [6.07, 6.45) is -0.274. The van der Waals surface area contributed by atoms with Crippen molar-refractivity contribution in [3.63, 3.8) is 0 Å². The van der Waals surface area contributed by atoms with Crippen molar-refractivity contribution in [2.45, 2.75) is 71.1 Å². The van der Waals surface area contributed by atoms with Gasteiger partial charge in [-0.3, -0.25) is 19.2 Å². The van der Waals surface area contributed by atoms with Gasteiger partial charge in [0.2, 0.25) is 23.6 Å². The number of phenolic OH excluding ortho intramolecular Hbond substituents is 1. The van der Waals surface area contributed by atoms with Crippen molar-refractivity contribution >= 4 is 29.6 Å². The second-order valence-electron chi connectivity index (χ2n) is 9.47. The summed E-state index contributed by atoms with van der Waals surface area (Å²) in [7, 11) is 0. The summed E-state index contributed by atoms with van der Waals surface area (Å²) in [6.45, 7) is 6.91. The highest BCUT2D eigenvalue weighted by Crippen LogP contribution is 2.12. The normalized spacial score (nSPS) is 14.4. The summed E-state index contributed by atoms with van der Waals surface area (Å²) in [6, 6.07) is 1.40. The lowest BCUT2D eigenvalue weighted by Crippen LogP contribution is -2.59. The third-order valence-corrected chi connectivity index (χ3v) is 5.34. The van der Waals surface area contributed by atoms with E-state index in [0.717, 1.165) is 0 Å². The minimum Gasteiger partial charge on any atom is -0.508 e. The van der Waals surface area contributed by atoms with E-state index in [0.29, 0.717) is 5.56 Å². The molecule has 0 aliphatic heterocycles. The number of carboxylic acid groups (broad SMARTS) is 1. The lowest BCUT2D eigenvalue weighted by molar-refractivity contribution is -0.143. The van der Waals surface area contributed by atoms with Crippen molar-refractivity contribution in [2.75, 3.05) is 0 Å². The van der Waals surface area contributed by atoms with Crippen LogP contribution in [0.1, 0.15) is 46.1 Å². The van der Waals surface area contributed by atoms with Gasteiger partial charge in [-0.05, 0) is 42.4 Å². The molecular formula is C24H37N5O7. The van der Waals surface area contributed by atoms with Crippen LogP contribution in [-0.2, 0) is 30.4 Å². The standard InChI is InChI=1S/C24H37N5O7/c1-12(2)9-18(24(35)36)28-22(33)17(11-19(26)31)27-23(34)20(13(3)4)29-21(32)16(25)10-14-5-7-15(30)8-6-14/h5-8,12-13,16-18,20,30H,9-11,25H2,1-4H3,(H2,26,31)(H,27,34)(H,28,33)(H,29,32)(H,35,36). The highest BCUT2D eigenvalue weighted by molar-refractivity contribution is 5.96. The number of aliphatic carboxylic acids is 1. The molecule has 0 spiro atoms. The second kappa shape index (κ2) is 14.0. The summed E-state index contributed by atoms with van der Waals surface area (Å²) in [5.74, 6) is -4.78. The van der Waals surface area contributed by atoms with Gasteiger partial charge in [0.15, 0.2) is 0 Å². The lowest BCUT2D eigenvalue weighted by atomic mass is 10.00. The van der Waals surface area contributed by atoms with E-state index in [9.17, 15) is 34.2 Å². The van der Waals surface area contributed by atoms with Gasteiger partial charge in [-0.2, -0.15) is 0 Å². The molecule has 12 heteroatoms. The van der Waals surface area contributed by atoms with Crippen LogP contribution in [-0.4, -0.2) is 64.0 Å². The molecule has 0 fully saturated rings. The SMILES string of the molecule is CC(C)CC(NC(=O)C(CC(N)=O)NC(=O)C(NC(=O)C(N)Cc1ccc(O)cc1)C(C)C)C(=O)O. The van der Waals surface area contributed by atoms with Crippen molar-refractivity contribution in [1.29, 1.82) is 0 Å². The summed E-state index contributed by atoms with van der Waals surface area (Å²) in [5, 5.41) is 26.1. The highest BCUT2D eigenvalue weighted by Gasteiger charge is 2.32. The Labute approximate surface area is 210 Å². The average molecular weight is 508 g/mol. The zero-order valence-corrected chi connectivity index (χ0v) is 21.0. The van der Waals surface area contributed by atoms with Crippen molar-refractivity contribution in [3.05, 3.63) is 29.8 Å². The number of primary amides is 1. The summed E-state index contributed by atoms with van der Waals surface area (Å²) >= 11 is 0. The molecule has 0 aromatic heterocycles. The van der Waals surface area contributed by atoms with Crippen LogP contribution in [0.3, 0.4) is 0 Å². The van der Waals surface area contributed by atoms with Gasteiger partial charge < -0.3 is 37.6 Å². The monoisotopic (exact) mass is 507 g/mol. The number of phenols is 1. The Hall–Kier alpha value is -3.67. The number of benzene rings is 1. The molecule has 0 aliphatic carbocycles. The van der Waals surface area contributed by atoms with E-state index >= 15 is 0 Å². The van der Waals surface area contributed by atoms with Gasteiger partial charge in [-0.25, -0.2) is 4.79 Å². The van der Waals surface area contributed by atoms with Crippen LogP contribution < -0.4 is 27.4 Å². The van der Waals surface area contributed by atoms with Crippen LogP contribution in [0.5, 0.6) is 5.75 Å². The Bertz CT molecular complexity index is 933. The first-order chi connectivity index (χ1) is 16.7. The van der Waals surface area contributed by atoms with Crippen LogP contribution in [0, 0.1) is 11.8 Å². The Morgan fingerprint density at radius 1 is 0.861 bits per heavy atom. The van der Waals surface area contributed by atoms with Gasteiger partial charge >= 0.3 is 5.97 Å². The Balaban J connectivity index is 2.93. The number of hydrogen-bond donors (Lipinski definition) is 7. The largest absolute Gasteiger partial charge is 0.508 e. The number of rotatable bonds is 14. The first-order valence-electron chi connectivity index (χ1n) is 11.7. The van der Waals surface area contributed by atoms with Gasteiger partial charge in [-0.1, -0.05) is 39.8 Å². The van der Waals surface area contributed by atoms with E-state index in [-0.39, 0.29) is 24.5 Å². The molecule has 0 radical (unpaired) electrons. The molecular weight excluding hydrogens is 470 g/mol. The molecule has 0 saturated heterocycles. The molecule has 36 heavy (non-hydrogen) atoms. The van der Waals surface area contributed by atoms with Crippen LogP contribution in [0.4, 0.5) is 0 Å². The number of carbonyl (C=O) groups is 5. The minimum atomic E-state index is -1.44. The van der Waals surface area contributed by atoms with E-state index in [1.165, 1.54) is 12.1 Å². The number of nitrogens with two attached hydrogens (primary N) is 2. The van der Waals surface area contributed by atoms with Crippen LogP contribution in [0.15, 0.2) is 24.3 Å². The second-order valence-corrected chi connectivity index (χ2v) is 9.47. The maximum absolute atomic E-state index is 13.0. The van der Waals surface area contributed by atoms with Crippen LogP contribution in [0.2, 0.25) is 0 Å². The third kappa shape index (κ3) is 10.3. The third-order valence-electron chi connectivity index (χ3n) is 5.34. The first kappa shape index (κ1) is 30.4. The van der Waals surface area contributed by atoms with E-state index in [4.69, 9.17) is 11.5 Å². The summed E-state index contributed by atoms with van der Waals surface area (Å²) < 4.78 is 0. The molecule has 0 aliphatic rings. The van der Waals surface area contributed by atoms with Crippen LogP contribution >= 0.6 is 0 Å². The number of amides is 4. The predicted molar refractivity (Wildman–Crippen MR) is 131 cm³/mol. The highest BCUT2D eigenvalue weighted by atomic mass is 16.4.